The number of ether oxygens (including phenoxy) is 3. The topological polar surface area (TPSA) is 128 Å². The van der Waals surface area contributed by atoms with Gasteiger partial charge in [-0.25, -0.2) is 0 Å². The fourth-order valence-corrected chi connectivity index (χ4v) is 3.83. The van der Waals surface area contributed by atoms with Gasteiger partial charge in [-0.15, -0.1) is 0 Å². The van der Waals surface area contributed by atoms with E-state index in [1.165, 1.54) is 0 Å². The van der Waals surface area contributed by atoms with Crippen molar-refractivity contribution in [3.63, 3.8) is 0 Å². The summed E-state index contributed by atoms with van der Waals surface area (Å²) in [6, 6.07) is 5.15. The van der Waals surface area contributed by atoms with Crippen molar-refractivity contribution in [2.75, 3.05) is 19.9 Å². The summed E-state index contributed by atoms with van der Waals surface area (Å²) in [6.45, 7) is 3.98. The van der Waals surface area contributed by atoms with Gasteiger partial charge in [0.15, 0.2) is 11.5 Å². The number of aryl methyl sites for hydroxylation is 3. The molecule has 10 heteroatoms. The van der Waals surface area contributed by atoms with E-state index in [1.807, 2.05) is 13.8 Å². The van der Waals surface area contributed by atoms with Crippen LogP contribution in [0.1, 0.15) is 23.2 Å². The molecule has 4 rings (SSSR count). The number of amides is 1. The summed E-state index contributed by atoms with van der Waals surface area (Å²) in [6.07, 6.45) is -0.463. The lowest BCUT2D eigenvalue weighted by Gasteiger charge is -2.14. The Morgan fingerprint density at radius 2 is 2.12 bits per heavy atom. The number of nitrogens with one attached hydrogen (secondary N) is 2. The molecule has 10 nitrogen and oxygen atoms in total. The van der Waals surface area contributed by atoms with Crippen LogP contribution in [0, 0.1) is 13.8 Å². The molecule has 3 N–H and O–H groups in total. The Balaban J connectivity index is 1.27. The molecule has 170 valence electrons. The third-order valence-electron chi connectivity index (χ3n) is 5.48. The molecule has 1 atom stereocenters. The number of hydrogen-bond acceptors (Lipinski definition) is 7. The SMILES string of the molecule is Cc1nn(C)c2[nH]c(=O)c(CCC(=O)NCC(O)COc3ccc4c(c3)OCO4)c(C)c12. The zero-order valence-corrected chi connectivity index (χ0v) is 18.2. The fraction of sp³-hybridized carbons (Fsp3) is 0.409. The molecule has 0 bridgehead atoms. The minimum Gasteiger partial charge on any atom is -0.491 e. The van der Waals surface area contributed by atoms with Crippen LogP contribution in [0.15, 0.2) is 23.0 Å². The van der Waals surface area contributed by atoms with Crippen LogP contribution in [0.2, 0.25) is 0 Å². The Bertz CT molecular complexity index is 1220. The summed E-state index contributed by atoms with van der Waals surface area (Å²) >= 11 is 0. The van der Waals surface area contributed by atoms with Gasteiger partial charge in [-0.3, -0.25) is 14.3 Å². The number of pyridine rings is 1. The Morgan fingerprint density at radius 1 is 1.34 bits per heavy atom. The minimum atomic E-state index is -0.885. The number of rotatable bonds is 8. The van der Waals surface area contributed by atoms with Crippen molar-refractivity contribution in [3.8, 4) is 17.2 Å². The molecule has 0 saturated heterocycles. The summed E-state index contributed by atoms with van der Waals surface area (Å²) < 4.78 is 17.7. The summed E-state index contributed by atoms with van der Waals surface area (Å²) in [4.78, 5) is 27.6. The van der Waals surface area contributed by atoms with Gasteiger partial charge in [-0.05, 0) is 38.0 Å². The Kier molecular flexibility index (Phi) is 6.04. The van der Waals surface area contributed by atoms with Crippen molar-refractivity contribution < 1.29 is 24.1 Å². The van der Waals surface area contributed by atoms with Crippen LogP contribution in [-0.2, 0) is 18.3 Å². The number of fused-ring (bicyclic) bond motifs is 2. The lowest BCUT2D eigenvalue weighted by Crippen LogP contribution is -2.35. The number of carbonyl (C=O) groups excluding carboxylic acids is 1. The van der Waals surface area contributed by atoms with E-state index in [9.17, 15) is 14.7 Å². The molecule has 0 saturated carbocycles. The van der Waals surface area contributed by atoms with E-state index in [0.717, 1.165) is 16.6 Å². The van der Waals surface area contributed by atoms with E-state index >= 15 is 0 Å². The van der Waals surface area contributed by atoms with E-state index in [4.69, 9.17) is 14.2 Å². The first-order valence-corrected chi connectivity index (χ1v) is 10.4. The van der Waals surface area contributed by atoms with Gasteiger partial charge >= 0.3 is 0 Å². The number of aliphatic hydroxyl groups excluding tert-OH is 1. The number of nitrogens with zero attached hydrogens (tertiary/aromatic N) is 2. The molecular formula is C22H26N4O6. The first-order valence-electron chi connectivity index (χ1n) is 10.4. The van der Waals surface area contributed by atoms with Gasteiger partial charge in [-0.2, -0.15) is 5.10 Å². The molecule has 32 heavy (non-hydrogen) atoms. The fourth-order valence-electron chi connectivity index (χ4n) is 3.83. The predicted octanol–water partition coefficient (Wildman–Crippen LogP) is 1.10. The van der Waals surface area contributed by atoms with Crippen LogP contribution in [0.3, 0.4) is 0 Å². The zero-order chi connectivity index (χ0) is 22.8. The van der Waals surface area contributed by atoms with Crippen LogP contribution < -0.4 is 25.1 Å². The first kappa shape index (κ1) is 21.7. The molecule has 0 spiro atoms. The Morgan fingerprint density at radius 3 is 2.94 bits per heavy atom. The number of aliphatic hydroxyl groups is 1. The average molecular weight is 442 g/mol. The molecular weight excluding hydrogens is 416 g/mol. The van der Waals surface area contributed by atoms with Crippen molar-refractivity contribution in [1.82, 2.24) is 20.1 Å². The third kappa shape index (κ3) is 4.40. The average Bonchev–Trinajstić information content (AvgIpc) is 3.33. The third-order valence-corrected chi connectivity index (χ3v) is 5.48. The van der Waals surface area contributed by atoms with E-state index in [0.29, 0.717) is 34.9 Å². The molecule has 0 aliphatic carbocycles. The van der Waals surface area contributed by atoms with Crippen molar-refractivity contribution in [2.24, 2.45) is 7.05 Å². The highest BCUT2D eigenvalue weighted by molar-refractivity contribution is 5.83. The van der Waals surface area contributed by atoms with Crippen LogP contribution in [0.5, 0.6) is 17.2 Å². The molecule has 3 aromatic rings. The van der Waals surface area contributed by atoms with Crippen LogP contribution >= 0.6 is 0 Å². The lowest BCUT2D eigenvalue weighted by atomic mass is 10.0. The van der Waals surface area contributed by atoms with Gasteiger partial charge in [0.25, 0.3) is 5.56 Å². The molecule has 0 radical (unpaired) electrons. The molecule has 1 amide bonds. The van der Waals surface area contributed by atoms with Crippen molar-refractivity contribution in [2.45, 2.75) is 32.8 Å². The van der Waals surface area contributed by atoms with E-state index in [-0.39, 0.29) is 37.8 Å². The summed E-state index contributed by atoms with van der Waals surface area (Å²) in [5.74, 6) is 1.52. The van der Waals surface area contributed by atoms with E-state index in [2.05, 4.69) is 15.4 Å². The standard InChI is InChI=1S/C22H26N4O6/c1-12-16(22(29)24-21-20(12)13(2)25-26(21)3)5-7-19(28)23-9-14(27)10-30-15-4-6-17-18(8-15)32-11-31-17/h4,6,8,14,27H,5,7,9-11H2,1-3H3,(H,23,28)(H,24,29). The van der Waals surface area contributed by atoms with Gasteiger partial charge in [0.2, 0.25) is 12.7 Å². The van der Waals surface area contributed by atoms with Gasteiger partial charge < -0.3 is 29.6 Å². The van der Waals surface area contributed by atoms with Gasteiger partial charge in [-0.1, -0.05) is 0 Å². The summed E-state index contributed by atoms with van der Waals surface area (Å²) in [5, 5.41) is 18.0. The molecule has 1 aliphatic rings. The number of hydrogen-bond donors (Lipinski definition) is 3. The van der Waals surface area contributed by atoms with Crippen LogP contribution in [0.25, 0.3) is 11.0 Å². The van der Waals surface area contributed by atoms with Crippen molar-refractivity contribution in [1.29, 1.82) is 0 Å². The maximum Gasteiger partial charge on any atom is 0.253 e. The number of aromatic nitrogens is 3. The summed E-state index contributed by atoms with van der Waals surface area (Å²) in [5.41, 5.74) is 2.68. The van der Waals surface area contributed by atoms with E-state index in [1.54, 1.807) is 29.9 Å². The molecule has 1 unspecified atom stereocenters. The molecule has 2 aromatic heterocycles. The van der Waals surface area contributed by atoms with Crippen molar-refractivity contribution >= 4 is 16.9 Å². The normalized spacial score (nSPS) is 13.4. The lowest BCUT2D eigenvalue weighted by molar-refractivity contribution is -0.121. The molecule has 3 heterocycles. The van der Waals surface area contributed by atoms with Gasteiger partial charge in [0.1, 0.15) is 24.1 Å². The number of aromatic amines is 1. The zero-order valence-electron chi connectivity index (χ0n) is 18.2. The second kappa shape index (κ2) is 8.91. The highest BCUT2D eigenvalue weighted by Gasteiger charge is 2.17. The maximum absolute atomic E-state index is 12.5. The van der Waals surface area contributed by atoms with Crippen molar-refractivity contribution in [3.05, 3.63) is 45.4 Å². The smallest absolute Gasteiger partial charge is 0.253 e. The largest absolute Gasteiger partial charge is 0.491 e. The molecule has 1 aliphatic heterocycles. The summed E-state index contributed by atoms with van der Waals surface area (Å²) in [7, 11) is 1.78. The second-order valence-corrected chi connectivity index (χ2v) is 7.77. The highest BCUT2D eigenvalue weighted by atomic mass is 16.7. The first-order chi connectivity index (χ1) is 15.3. The van der Waals surface area contributed by atoms with E-state index < -0.39 is 6.10 Å². The van der Waals surface area contributed by atoms with Gasteiger partial charge in [0, 0.05) is 37.0 Å². The Hall–Kier alpha value is -3.53. The molecule has 0 fully saturated rings. The quantitative estimate of drug-likeness (QED) is 0.477. The highest BCUT2D eigenvalue weighted by Crippen LogP contribution is 2.35. The van der Waals surface area contributed by atoms with Crippen LogP contribution in [-0.4, -0.2) is 51.8 Å². The number of carbonyl (C=O) groups is 1. The number of H-pyrrole nitrogens is 1. The van der Waals surface area contributed by atoms with Crippen LogP contribution in [0.4, 0.5) is 0 Å². The Labute approximate surface area is 184 Å². The maximum atomic E-state index is 12.5. The number of benzene rings is 1. The predicted molar refractivity (Wildman–Crippen MR) is 116 cm³/mol. The monoisotopic (exact) mass is 442 g/mol. The van der Waals surface area contributed by atoms with Gasteiger partial charge in [0.05, 0.1) is 5.69 Å². The minimum absolute atomic E-state index is 0.00957. The second-order valence-electron chi connectivity index (χ2n) is 7.77. The molecule has 1 aromatic carbocycles.